The zero-order chi connectivity index (χ0) is 24.4. The lowest BCUT2D eigenvalue weighted by Gasteiger charge is -2.13. The van der Waals surface area contributed by atoms with Gasteiger partial charge >= 0.3 is 5.97 Å². The van der Waals surface area contributed by atoms with Crippen molar-refractivity contribution >= 4 is 28.2 Å². The lowest BCUT2D eigenvalue weighted by molar-refractivity contribution is -0.116. The summed E-state index contributed by atoms with van der Waals surface area (Å²) < 4.78 is 5.26. The quantitative estimate of drug-likeness (QED) is 0.127. The van der Waals surface area contributed by atoms with Gasteiger partial charge in [0, 0.05) is 17.8 Å². The largest absolute Gasteiger partial charge is 0.462 e. The summed E-state index contributed by atoms with van der Waals surface area (Å²) in [6.45, 7) is 6.00. The van der Waals surface area contributed by atoms with Crippen molar-refractivity contribution in [2.75, 3.05) is 18.5 Å². The molecule has 2 heterocycles. The number of allylic oxidation sites excluding steroid dienone is 2. The molecule has 0 fully saturated rings. The second-order valence-electron chi connectivity index (χ2n) is 9.24. The Balaban J connectivity index is 1.56. The van der Waals surface area contributed by atoms with Crippen molar-refractivity contribution in [1.29, 1.82) is 0 Å². The average Bonchev–Trinajstić information content (AvgIpc) is 3.19. The van der Waals surface area contributed by atoms with E-state index in [2.05, 4.69) is 29.7 Å². The van der Waals surface area contributed by atoms with E-state index in [0.29, 0.717) is 23.6 Å². The molecule has 1 amide bonds. The van der Waals surface area contributed by atoms with Crippen LogP contribution in [0.2, 0.25) is 0 Å². The van der Waals surface area contributed by atoms with Crippen molar-refractivity contribution in [3.05, 3.63) is 28.2 Å². The number of ether oxygens (including phenoxy) is 1. The summed E-state index contributed by atoms with van der Waals surface area (Å²) in [5, 5.41) is 6.99. The van der Waals surface area contributed by atoms with Gasteiger partial charge in [-0.3, -0.25) is 4.79 Å². The van der Waals surface area contributed by atoms with Crippen LogP contribution in [0, 0.1) is 0 Å². The third-order valence-corrected chi connectivity index (χ3v) is 7.47. The van der Waals surface area contributed by atoms with E-state index < -0.39 is 0 Å². The number of hydrogen-bond acceptors (Lipinski definition) is 5. The van der Waals surface area contributed by atoms with Crippen LogP contribution in [0.5, 0.6) is 0 Å². The Morgan fingerprint density at radius 3 is 2.26 bits per heavy atom. The second kappa shape index (κ2) is 17.7. The van der Waals surface area contributed by atoms with E-state index in [1.165, 1.54) is 82.0 Å². The lowest BCUT2D eigenvalue weighted by Crippen LogP contribution is -2.23. The molecule has 1 aliphatic rings. The van der Waals surface area contributed by atoms with Gasteiger partial charge in [-0.1, -0.05) is 70.4 Å². The molecule has 1 aromatic heterocycles. The number of unbranched alkanes of at least 4 members (excludes halogenated alkanes) is 11. The highest BCUT2D eigenvalue weighted by Crippen LogP contribution is 2.36. The number of amides is 1. The van der Waals surface area contributed by atoms with Crippen LogP contribution in [-0.4, -0.2) is 25.0 Å². The van der Waals surface area contributed by atoms with Crippen molar-refractivity contribution < 1.29 is 14.3 Å². The summed E-state index contributed by atoms with van der Waals surface area (Å²) >= 11 is 1.51. The maximum atomic E-state index is 12.5. The predicted octanol–water partition coefficient (Wildman–Crippen LogP) is 7.55. The number of hydrogen-bond donors (Lipinski definition) is 2. The molecule has 5 nitrogen and oxygen atoms in total. The van der Waals surface area contributed by atoms with Crippen LogP contribution in [0.1, 0.15) is 125 Å². The summed E-state index contributed by atoms with van der Waals surface area (Å²) in [6.07, 6.45) is 22.2. The van der Waals surface area contributed by atoms with E-state index in [-0.39, 0.29) is 11.9 Å². The molecule has 2 rings (SSSR count). The molecule has 2 N–H and O–H groups in total. The number of esters is 1. The van der Waals surface area contributed by atoms with E-state index in [1.807, 2.05) is 6.92 Å². The molecule has 34 heavy (non-hydrogen) atoms. The molecule has 0 spiro atoms. The number of carbonyl (C=O) groups is 2. The van der Waals surface area contributed by atoms with Crippen LogP contribution in [0.3, 0.4) is 0 Å². The van der Waals surface area contributed by atoms with Crippen molar-refractivity contribution in [2.45, 2.75) is 117 Å². The normalized spacial score (nSPS) is 13.2. The summed E-state index contributed by atoms with van der Waals surface area (Å²) in [4.78, 5) is 26.1. The number of anilines is 1. The molecule has 0 radical (unpaired) electrons. The SMILES string of the molecule is CCCCCCCC/C=C\CCCCCCCC(=O)Nc1sc2c(c1C(=O)OCC)CCNC2. The van der Waals surface area contributed by atoms with E-state index in [4.69, 9.17) is 4.74 Å². The first-order valence-corrected chi connectivity index (χ1v) is 14.5. The predicted molar refractivity (Wildman–Crippen MR) is 144 cm³/mol. The van der Waals surface area contributed by atoms with E-state index in [1.54, 1.807) is 0 Å². The molecule has 0 aromatic carbocycles. The number of thiophene rings is 1. The van der Waals surface area contributed by atoms with Crippen molar-refractivity contribution in [2.24, 2.45) is 0 Å². The van der Waals surface area contributed by atoms with Crippen LogP contribution in [0.4, 0.5) is 5.00 Å². The first kappa shape index (κ1) is 28.6. The first-order chi connectivity index (χ1) is 16.7. The van der Waals surface area contributed by atoms with Crippen LogP contribution < -0.4 is 10.6 Å². The second-order valence-corrected chi connectivity index (χ2v) is 10.3. The van der Waals surface area contributed by atoms with Crippen molar-refractivity contribution in [1.82, 2.24) is 5.32 Å². The van der Waals surface area contributed by atoms with Crippen molar-refractivity contribution in [3.8, 4) is 0 Å². The molecule has 0 saturated heterocycles. The lowest BCUT2D eigenvalue weighted by atomic mass is 10.0. The Morgan fingerprint density at radius 1 is 0.941 bits per heavy atom. The molecular weight excluding hydrogens is 444 g/mol. The summed E-state index contributed by atoms with van der Waals surface area (Å²) in [7, 11) is 0. The molecular formula is C28H46N2O3S. The zero-order valence-corrected chi connectivity index (χ0v) is 22.3. The molecule has 0 aliphatic carbocycles. The minimum absolute atomic E-state index is 0.00488. The number of nitrogens with one attached hydrogen (secondary N) is 2. The standard InChI is InChI=1S/C28H46N2O3S/c1-3-5-6-7-8-9-10-11-12-13-14-15-16-17-18-19-25(31)30-27-26(28(32)33-4-2)23-20-21-29-22-24(23)34-27/h11-12,29H,3-10,13-22H2,1-2H3,(H,30,31)/b12-11-. The van der Waals surface area contributed by atoms with Crippen LogP contribution in [0.15, 0.2) is 12.2 Å². The molecule has 6 heteroatoms. The number of rotatable bonds is 18. The molecule has 1 aliphatic heterocycles. The number of fused-ring (bicyclic) bond motifs is 1. The van der Waals surface area contributed by atoms with Gasteiger partial charge in [-0.05, 0) is 57.6 Å². The molecule has 0 saturated carbocycles. The zero-order valence-electron chi connectivity index (χ0n) is 21.5. The van der Waals surface area contributed by atoms with Gasteiger partial charge in [-0.25, -0.2) is 4.79 Å². The summed E-state index contributed by atoms with van der Waals surface area (Å²) in [6, 6.07) is 0. The monoisotopic (exact) mass is 490 g/mol. The van der Waals surface area contributed by atoms with Gasteiger partial charge in [0.05, 0.1) is 12.2 Å². The van der Waals surface area contributed by atoms with E-state index in [0.717, 1.165) is 42.8 Å². The van der Waals surface area contributed by atoms with Gasteiger partial charge < -0.3 is 15.4 Å². The highest BCUT2D eigenvalue weighted by Gasteiger charge is 2.27. The maximum Gasteiger partial charge on any atom is 0.341 e. The highest BCUT2D eigenvalue weighted by atomic mass is 32.1. The third kappa shape index (κ3) is 10.7. The van der Waals surface area contributed by atoms with Crippen LogP contribution in [-0.2, 0) is 22.5 Å². The molecule has 0 bridgehead atoms. The minimum Gasteiger partial charge on any atom is -0.462 e. The fourth-order valence-corrected chi connectivity index (χ4v) is 5.61. The van der Waals surface area contributed by atoms with Crippen LogP contribution >= 0.6 is 11.3 Å². The molecule has 0 unspecified atom stereocenters. The van der Waals surface area contributed by atoms with Gasteiger partial charge in [0.2, 0.25) is 5.91 Å². The molecule has 1 aromatic rings. The van der Waals surface area contributed by atoms with Crippen LogP contribution in [0.25, 0.3) is 0 Å². The Bertz CT molecular complexity index is 757. The Kier molecular flexibility index (Phi) is 14.9. The van der Waals surface area contributed by atoms with Gasteiger partial charge in [0.25, 0.3) is 0 Å². The Hall–Kier alpha value is -1.66. The fraction of sp³-hybridized carbons (Fsp3) is 0.714. The molecule has 0 atom stereocenters. The topological polar surface area (TPSA) is 67.4 Å². The summed E-state index contributed by atoms with van der Waals surface area (Å²) in [5.41, 5.74) is 1.61. The fourth-order valence-electron chi connectivity index (χ4n) is 4.39. The van der Waals surface area contributed by atoms with Gasteiger partial charge in [0.1, 0.15) is 5.00 Å². The van der Waals surface area contributed by atoms with Gasteiger partial charge in [-0.2, -0.15) is 0 Å². The van der Waals surface area contributed by atoms with E-state index >= 15 is 0 Å². The minimum atomic E-state index is -0.321. The maximum absolute atomic E-state index is 12.5. The summed E-state index contributed by atoms with van der Waals surface area (Å²) in [5.74, 6) is -0.326. The third-order valence-electron chi connectivity index (χ3n) is 6.33. The molecule has 192 valence electrons. The smallest absolute Gasteiger partial charge is 0.341 e. The average molecular weight is 491 g/mol. The van der Waals surface area contributed by atoms with Crippen molar-refractivity contribution in [3.63, 3.8) is 0 Å². The highest BCUT2D eigenvalue weighted by molar-refractivity contribution is 7.17. The van der Waals surface area contributed by atoms with Gasteiger partial charge in [-0.15, -0.1) is 11.3 Å². The van der Waals surface area contributed by atoms with E-state index in [9.17, 15) is 9.59 Å². The Morgan fingerprint density at radius 2 is 1.59 bits per heavy atom. The Labute approximate surface area is 211 Å². The number of carbonyl (C=O) groups excluding carboxylic acids is 2. The first-order valence-electron chi connectivity index (χ1n) is 13.6. The van der Waals surface area contributed by atoms with Gasteiger partial charge in [0.15, 0.2) is 0 Å².